The van der Waals surface area contributed by atoms with E-state index in [9.17, 15) is 4.79 Å². The van der Waals surface area contributed by atoms with E-state index in [0.717, 1.165) is 35.2 Å². The molecular formula is C23H28N2O2. The van der Waals surface area contributed by atoms with Crippen molar-refractivity contribution in [2.45, 2.75) is 39.5 Å². The van der Waals surface area contributed by atoms with E-state index in [1.807, 2.05) is 6.07 Å². The Morgan fingerprint density at radius 3 is 2.56 bits per heavy atom. The number of benzene rings is 2. The molecule has 0 aliphatic heterocycles. The van der Waals surface area contributed by atoms with Crippen molar-refractivity contribution in [1.82, 2.24) is 10.3 Å². The monoisotopic (exact) mass is 364 g/mol. The first-order chi connectivity index (χ1) is 13.1. The summed E-state index contributed by atoms with van der Waals surface area (Å²) in [6, 6.07) is 14.9. The van der Waals surface area contributed by atoms with Crippen molar-refractivity contribution in [1.29, 1.82) is 0 Å². The average molecular weight is 364 g/mol. The first-order valence-corrected chi connectivity index (χ1v) is 9.64. The van der Waals surface area contributed by atoms with Crippen LogP contribution in [0.2, 0.25) is 0 Å². The van der Waals surface area contributed by atoms with Gasteiger partial charge in [0.2, 0.25) is 5.91 Å². The van der Waals surface area contributed by atoms with Gasteiger partial charge in [0.05, 0.1) is 7.11 Å². The molecule has 0 aliphatic rings. The zero-order chi connectivity index (χ0) is 19.2. The predicted octanol–water partition coefficient (Wildman–Crippen LogP) is 4.86. The molecule has 0 unspecified atom stereocenters. The summed E-state index contributed by atoms with van der Waals surface area (Å²) >= 11 is 0. The second-order valence-corrected chi connectivity index (χ2v) is 6.92. The molecule has 0 atom stereocenters. The lowest BCUT2D eigenvalue weighted by Gasteiger charge is -2.08. The lowest BCUT2D eigenvalue weighted by molar-refractivity contribution is -0.118. The molecule has 3 rings (SSSR count). The van der Waals surface area contributed by atoms with Crippen LogP contribution in [-0.2, 0) is 17.6 Å². The summed E-state index contributed by atoms with van der Waals surface area (Å²) in [7, 11) is 1.68. The maximum Gasteiger partial charge on any atom is 0.216 e. The summed E-state index contributed by atoms with van der Waals surface area (Å²) in [5.41, 5.74) is 5.95. The number of aryl methyl sites for hydroxylation is 1. The minimum absolute atomic E-state index is 0.00533. The molecule has 2 N–H and O–H groups in total. The van der Waals surface area contributed by atoms with Gasteiger partial charge in [-0.2, -0.15) is 0 Å². The summed E-state index contributed by atoms with van der Waals surface area (Å²) in [5.74, 6) is 0.831. The number of methoxy groups -OCH3 is 1. The number of fused-ring (bicyclic) bond motifs is 1. The van der Waals surface area contributed by atoms with E-state index in [1.165, 1.54) is 29.5 Å². The topological polar surface area (TPSA) is 54.1 Å². The molecule has 3 aromatic rings. The maximum absolute atomic E-state index is 11.3. The molecule has 27 heavy (non-hydrogen) atoms. The molecule has 4 nitrogen and oxygen atoms in total. The first-order valence-electron chi connectivity index (χ1n) is 9.64. The van der Waals surface area contributed by atoms with Gasteiger partial charge in [-0.15, -0.1) is 0 Å². The fourth-order valence-electron chi connectivity index (χ4n) is 3.44. The number of unbranched alkanes of at least 4 members (excludes halogenated alkanes) is 1. The number of hydrogen-bond donors (Lipinski definition) is 2. The molecule has 0 spiro atoms. The van der Waals surface area contributed by atoms with E-state index in [0.29, 0.717) is 6.54 Å². The van der Waals surface area contributed by atoms with Crippen LogP contribution in [0.25, 0.3) is 22.2 Å². The number of carbonyl (C=O) groups excluding carboxylic acids is 1. The van der Waals surface area contributed by atoms with Gasteiger partial charge < -0.3 is 15.0 Å². The summed E-state index contributed by atoms with van der Waals surface area (Å²) in [4.78, 5) is 14.8. The predicted molar refractivity (Wildman–Crippen MR) is 111 cm³/mol. The van der Waals surface area contributed by atoms with Gasteiger partial charge in [-0.1, -0.05) is 37.6 Å². The Labute approximate surface area is 160 Å². The van der Waals surface area contributed by atoms with Crippen LogP contribution in [0.3, 0.4) is 0 Å². The van der Waals surface area contributed by atoms with Crippen LogP contribution in [0.5, 0.6) is 5.75 Å². The molecule has 0 bridgehead atoms. The van der Waals surface area contributed by atoms with E-state index >= 15 is 0 Å². The molecule has 1 heterocycles. The fraction of sp³-hybridized carbons (Fsp3) is 0.348. The van der Waals surface area contributed by atoms with Gasteiger partial charge in [0.1, 0.15) is 5.75 Å². The molecule has 0 aliphatic carbocycles. The smallest absolute Gasteiger partial charge is 0.216 e. The van der Waals surface area contributed by atoms with Crippen LogP contribution in [0.1, 0.15) is 37.8 Å². The summed E-state index contributed by atoms with van der Waals surface area (Å²) in [6.45, 7) is 4.38. The summed E-state index contributed by atoms with van der Waals surface area (Å²) in [6.07, 6.45) is 4.31. The van der Waals surface area contributed by atoms with Crippen LogP contribution >= 0.6 is 0 Å². The third kappa shape index (κ3) is 4.51. The van der Waals surface area contributed by atoms with Gasteiger partial charge in [-0.05, 0) is 54.2 Å². The zero-order valence-electron chi connectivity index (χ0n) is 16.4. The Bertz CT molecular complexity index is 910. The molecular weight excluding hydrogens is 336 g/mol. The van der Waals surface area contributed by atoms with Gasteiger partial charge in [0.25, 0.3) is 0 Å². The maximum atomic E-state index is 11.3. The standard InChI is InChI=1S/C23H28N2O2/c1-4-5-6-17-7-9-18(10-8-17)23-20(13-14-24-16(2)26)21-15-19(27-3)11-12-22(21)25-23/h7-12,15,25H,4-6,13-14H2,1-3H3,(H,24,26). The lowest BCUT2D eigenvalue weighted by Crippen LogP contribution is -2.22. The molecule has 4 heteroatoms. The highest BCUT2D eigenvalue weighted by atomic mass is 16.5. The van der Waals surface area contributed by atoms with E-state index in [4.69, 9.17) is 4.74 Å². The third-order valence-corrected chi connectivity index (χ3v) is 4.92. The van der Waals surface area contributed by atoms with E-state index in [2.05, 4.69) is 53.6 Å². The van der Waals surface area contributed by atoms with Crippen LogP contribution in [0.15, 0.2) is 42.5 Å². The van der Waals surface area contributed by atoms with Gasteiger partial charge >= 0.3 is 0 Å². The SMILES string of the molecule is CCCCc1ccc(-c2[nH]c3ccc(OC)cc3c2CCNC(C)=O)cc1. The number of ether oxygens (including phenoxy) is 1. The normalized spacial score (nSPS) is 10.9. The first kappa shape index (κ1) is 19.0. The van der Waals surface area contributed by atoms with Crippen molar-refractivity contribution in [2.75, 3.05) is 13.7 Å². The Balaban J connectivity index is 1.98. The number of rotatable bonds is 8. The lowest BCUT2D eigenvalue weighted by atomic mass is 10.00. The van der Waals surface area contributed by atoms with Crippen molar-refractivity contribution in [3.63, 3.8) is 0 Å². The number of aromatic nitrogens is 1. The minimum atomic E-state index is -0.00533. The van der Waals surface area contributed by atoms with Crippen LogP contribution in [-0.4, -0.2) is 24.5 Å². The van der Waals surface area contributed by atoms with E-state index < -0.39 is 0 Å². The molecule has 1 aromatic heterocycles. The van der Waals surface area contributed by atoms with Gasteiger partial charge in [0, 0.05) is 30.1 Å². The van der Waals surface area contributed by atoms with Gasteiger partial charge in [0.15, 0.2) is 0 Å². The van der Waals surface area contributed by atoms with Crippen molar-refractivity contribution < 1.29 is 9.53 Å². The Morgan fingerprint density at radius 1 is 1.11 bits per heavy atom. The average Bonchev–Trinajstić information content (AvgIpc) is 3.04. The molecule has 0 fully saturated rings. The van der Waals surface area contributed by atoms with Crippen molar-refractivity contribution in [2.24, 2.45) is 0 Å². The van der Waals surface area contributed by atoms with E-state index in [-0.39, 0.29) is 5.91 Å². The Kier molecular flexibility index (Phi) is 6.17. The summed E-state index contributed by atoms with van der Waals surface area (Å²) < 4.78 is 5.40. The number of H-pyrrole nitrogens is 1. The zero-order valence-corrected chi connectivity index (χ0v) is 16.4. The molecule has 1 amide bonds. The number of carbonyl (C=O) groups is 1. The van der Waals surface area contributed by atoms with Gasteiger partial charge in [-0.25, -0.2) is 0 Å². The third-order valence-electron chi connectivity index (χ3n) is 4.92. The number of aromatic amines is 1. The fourth-order valence-corrected chi connectivity index (χ4v) is 3.44. The quantitative estimate of drug-likeness (QED) is 0.599. The largest absolute Gasteiger partial charge is 0.497 e. The van der Waals surface area contributed by atoms with Crippen LogP contribution < -0.4 is 10.1 Å². The number of amides is 1. The molecule has 0 radical (unpaired) electrons. The number of nitrogens with one attached hydrogen (secondary N) is 2. The molecule has 2 aromatic carbocycles. The molecule has 0 saturated heterocycles. The number of hydrogen-bond acceptors (Lipinski definition) is 2. The Morgan fingerprint density at radius 2 is 1.89 bits per heavy atom. The summed E-state index contributed by atoms with van der Waals surface area (Å²) in [5, 5.41) is 4.05. The van der Waals surface area contributed by atoms with Crippen LogP contribution in [0, 0.1) is 0 Å². The van der Waals surface area contributed by atoms with Crippen molar-refractivity contribution >= 4 is 16.8 Å². The van der Waals surface area contributed by atoms with E-state index in [1.54, 1.807) is 14.0 Å². The highest BCUT2D eigenvalue weighted by Gasteiger charge is 2.14. The molecule has 142 valence electrons. The van der Waals surface area contributed by atoms with Crippen molar-refractivity contribution in [3.05, 3.63) is 53.6 Å². The second-order valence-electron chi connectivity index (χ2n) is 6.92. The highest BCUT2D eigenvalue weighted by Crippen LogP contribution is 2.33. The van der Waals surface area contributed by atoms with Crippen LogP contribution in [0.4, 0.5) is 0 Å². The minimum Gasteiger partial charge on any atom is -0.497 e. The van der Waals surface area contributed by atoms with Gasteiger partial charge in [-0.3, -0.25) is 4.79 Å². The second kappa shape index (κ2) is 8.76. The van der Waals surface area contributed by atoms with Crippen molar-refractivity contribution in [3.8, 4) is 17.0 Å². The Hall–Kier alpha value is -2.75. The highest BCUT2D eigenvalue weighted by molar-refractivity contribution is 5.92. The molecule has 0 saturated carbocycles.